The molecule has 2 aliphatic rings. The summed E-state index contributed by atoms with van der Waals surface area (Å²) in [5.41, 5.74) is 1.37. The van der Waals surface area contributed by atoms with Gasteiger partial charge in [-0.3, -0.25) is 9.80 Å². The van der Waals surface area contributed by atoms with Crippen LogP contribution in [0.3, 0.4) is 0 Å². The maximum atomic E-state index is 12.3. The minimum atomic E-state index is -0.0218. The van der Waals surface area contributed by atoms with Crippen LogP contribution in [0.25, 0.3) is 0 Å². The fourth-order valence-corrected chi connectivity index (χ4v) is 3.89. The quantitative estimate of drug-likeness (QED) is 0.804. The Bertz CT molecular complexity index is 546. The molecule has 26 heavy (non-hydrogen) atoms. The number of carbonyl (C=O) groups is 1. The van der Waals surface area contributed by atoms with Crippen molar-refractivity contribution in [3.63, 3.8) is 0 Å². The van der Waals surface area contributed by atoms with E-state index < -0.39 is 0 Å². The van der Waals surface area contributed by atoms with Crippen LogP contribution in [-0.4, -0.2) is 84.3 Å². The Balaban J connectivity index is 1.33. The van der Waals surface area contributed by atoms with E-state index in [4.69, 9.17) is 0 Å². The highest BCUT2D eigenvalue weighted by Crippen LogP contribution is 2.16. The number of aliphatic hydroxyl groups is 1. The smallest absolute Gasteiger partial charge is 0.317 e. The Labute approximate surface area is 156 Å². The first-order valence-corrected chi connectivity index (χ1v) is 9.90. The van der Waals surface area contributed by atoms with Crippen LogP contribution in [0.2, 0.25) is 0 Å². The molecule has 3 rings (SSSR count). The third-order valence-electron chi connectivity index (χ3n) is 5.52. The fourth-order valence-electron chi connectivity index (χ4n) is 3.89. The Morgan fingerprint density at radius 2 is 1.77 bits per heavy atom. The molecule has 0 aromatic heterocycles. The number of carbonyl (C=O) groups excluding carboxylic acids is 1. The molecule has 0 spiro atoms. The molecule has 0 saturated carbocycles. The van der Waals surface area contributed by atoms with E-state index in [0.29, 0.717) is 6.54 Å². The van der Waals surface area contributed by atoms with Gasteiger partial charge >= 0.3 is 6.03 Å². The average Bonchev–Trinajstić information content (AvgIpc) is 2.70. The highest BCUT2D eigenvalue weighted by Gasteiger charge is 2.26. The monoisotopic (exact) mass is 360 g/mol. The van der Waals surface area contributed by atoms with Gasteiger partial charge in [0.05, 0.1) is 12.6 Å². The fraction of sp³-hybridized carbons (Fsp3) is 0.650. The van der Waals surface area contributed by atoms with E-state index in [2.05, 4.69) is 45.4 Å². The van der Waals surface area contributed by atoms with E-state index in [1.165, 1.54) is 5.56 Å². The molecule has 2 aliphatic heterocycles. The molecule has 6 nitrogen and oxygen atoms in total. The molecule has 0 radical (unpaired) electrons. The topological polar surface area (TPSA) is 59.1 Å². The average molecular weight is 361 g/mol. The van der Waals surface area contributed by atoms with Crippen molar-refractivity contribution in [3.8, 4) is 0 Å². The molecule has 0 bridgehead atoms. The molecule has 144 valence electrons. The number of rotatable bonds is 6. The predicted octanol–water partition coefficient (Wildman–Crippen LogP) is 1.36. The number of piperazine rings is 1. The third kappa shape index (κ3) is 5.43. The maximum Gasteiger partial charge on any atom is 0.317 e. The number of nitrogens with zero attached hydrogens (tertiary/aromatic N) is 3. The second-order valence-corrected chi connectivity index (χ2v) is 7.36. The molecule has 2 saturated heterocycles. The number of aliphatic hydroxyl groups excluding tert-OH is 1. The van der Waals surface area contributed by atoms with Crippen LogP contribution in [-0.2, 0) is 6.54 Å². The van der Waals surface area contributed by atoms with E-state index in [0.717, 1.165) is 65.1 Å². The van der Waals surface area contributed by atoms with Crippen LogP contribution in [0, 0.1) is 0 Å². The number of hydrogen-bond acceptors (Lipinski definition) is 4. The minimum Gasteiger partial charge on any atom is -0.394 e. The Hall–Kier alpha value is -1.63. The second kappa shape index (κ2) is 9.90. The molecule has 2 amide bonds. The van der Waals surface area contributed by atoms with Crippen LogP contribution in [0.4, 0.5) is 4.79 Å². The normalized spacial score (nSPS) is 22.3. The van der Waals surface area contributed by atoms with Crippen molar-refractivity contribution >= 4 is 6.03 Å². The first kappa shape index (κ1) is 19.1. The van der Waals surface area contributed by atoms with Gasteiger partial charge in [0.15, 0.2) is 0 Å². The van der Waals surface area contributed by atoms with Crippen LogP contribution in [0.5, 0.6) is 0 Å². The van der Waals surface area contributed by atoms with Gasteiger partial charge in [0.25, 0.3) is 0 Å². The molecule has 1 aromatic rings. The molecule has 2 fully saturated rings. The van der Waals surface area contributed by atoms with Crippen molar-refractivity contribution in [2.75, 3.05) is 52.4 Å². The first-order chi connectivity index (χ1) is 12.8. The lowest BCUT2D eigenvalue weighted by molar-refractivity contribution is 0.105. The summed E-state index contributed by atoms with van der Waals surface area (Å²) < 4.78 is 0. The van der Waals surface area contributed by atoms with Crippen molar-refractivity contribution in [2.45, 2.75) is 31.8 Å². The van der Waals surface area contributed by atoms with Crippen molar-refractivity contribution in [1.29, 1.82) is 0 Å². The standard InChI is InChI=1S/C20H32N4O2/c25-17-19-8-4-5-10-24(19)20(26)21-9-11-22-12-14-23(15-13-22)16-18-6-2-1-3-7-18/h1-3,6-7,19,25H,4-5,8-17H2,(H,21,26). The lowest BCUT2D eigenvalue weighted by atomic mass is 10.0. The molecule has 1 unspecified atom stereocenters. The lowest BCUT2D eigenvalue weighted by Gasteiger charge is -2.36. The Morgan fingerprint density at radius 1 is 1.04 bits per heavy atom. The van der Waals surface area contributed by atoms with Gasteiger partial charge in [0.1, 0.15) is 0 Å². The third-order valence-corrected chi connectivity index (χ3v) is 5.52. The summed E-state index contributed by atoms with van der Waals surface area (Å²) in [7, 11) is 0. The van der Waals surface area contributed by atoms with Gasteiger partial charge in [-0.15, -0.1) is 0 Å². The van der Waals surface area contributed by atoms with Gasteiger partial charge in [-0.1, -0.05) is 30.3 Å². The van der Waals surface area contributed by atoms with Crippen molar-refractivity contribution in [2.24, 2.45) is 0 Å². The number of amides is 2. The van der Waals surface area contributed by atoms with Gasteiger partial charge in [-0.05, 0) is 24.8 Å². The predicted molar refractivity (Wildman–Crippen MR) is 103 cm³/mol. The summed E-state index contributed by atoms with van der Waals surface area (Å²) in [6.07, 6.45) is 3.04. The zero-order chi connectivity index (χ0) is 18.2. The molecule has 0 aliphatic carbocycles. The molecule has 1 atom stereocenters. The maximum absolute atomic E-state index is 12.3. The highest BCUT2D eigenvalue weighted by molar-refractivity contribution is 5.74. The van der Waals surface area contributed by atoms with Gasteiger partial charge < -0.3 is 15.3 Å². The molecular weight excluding hydrogens is 328 g/mol. The summed E-state index contributed by atoms with van der Waals surface area (Å²) in [4.78, 5) is 19.1. The number of hydrogen-bond donors (Lipinski definition) is 2. The second-order valence-electron chi connectivity index (χ2n) is 7.36. The van der Waals surface area contributed by atoms with Gasteiger partial charge in [-0.2, -0.15) is 0 Å². The van der Waals surface area contributed by atoms with Crippen LogP contribution < -0.4 is 5.32 Å². The van der Waals surface area contributed by atoms with E-state index in [1.54, 1.807) is 4.90 Å². The van der Waals surface area contributed by atoms with E-state index in [1.807, 2.05) is 0 Å². The van der Waals surface area contributed by atoms with Crippen molar-refractivity contribution in [3.05, 3.63) is 35.9 Å². The molecular formula is C20H32N4O2. The van der Waals surface area contributed by atoms with Gasteiger partial charge in [0.2, 0.25) is 0 Å². The number of nitrogens with one attached hydrogen (secondary N) is 1. The van der Waals surface area contributed by atoms with Crippen molar-refractivity contribution < 1.29 is 9.90 Å². The van der Waals surface area contributed by atoms with Crippen LogP contribution >= 0.6 is 0 Å². The number of piperidine rings is 1. The highest BCUT2D eigenvalue weighted by atomic mass is 16.3. The van der Waals surface area contributed by atoms with Crippen LogP contribution in [0.1, 0.15) is 24.8 Å². The van der Waals surface area contributed by atoms with Crippen LogP contribution in [0.15, 0.2) is 30.3 Å². The number of urea groups is 1. The molecule has 2 N–H and O–H groups in total. The zero-order valence-corrected chi connectivity index (χ0v) is 15.6. The summed E-state index contributed by atoms with van der Waals surface area (Å²) in [5.74, 6) is 0. The number of benzene rings is 1. The number of likely N-dealkylation sites (tertiary alicyclic amines) is 1. The molecule has 1 aromatic carbocycles. The summed E-state index contributed by atoms with van der Waals surface area (Å²) in [6.45, 7) is 7.64. The largest absolute Gasteiger partial charge is 0.394 e. The Morgan fingerprint density at radius 3 is 2.50 bits per heavy atom. The SMILES string of the molecule is O=C(NCCN1CCN(Cc2ccccc2)CC1)N1CCCCC1CO. The zero-order valence-electron chi connectivity index (χ0n) is 15.6. The first-order valence-electron chi connectivity index (χ1n) is 9.90. The minimum absolute atomic E-state index is 0.00900. The van der Waals surface area contributed by atoms with E-state index >= 15 is 0 Å². The lowest BCUT2D eigenvalue weighted by Crippen LogP contribution is -2.52. The molecule has 6 heteroatoms. The van der Waals surface area contributed by atoms with E-state index in [-0.39, 0.29) is 18.7 Å². The van der Waals surface area contributed by atoms with Crippen molar-refractivity contribution in [1.82, 2.24) is 20.0 Å². The Kier molecular flexibility index (Phi) is 7.29. The van der Waals surface area contributed by atoms with E-state index in [9.17, 15) is 9.90 Å². The summed E-state index contributed by atoms with van der Waals surface area (Å²) in [6, 6.07) is 10.6. The van der Waals surface area contributed by atoms with Gasteiger partial charge in [-0.25, -0.2) is 4.79 Å². The summed E-state index contributed by atoms with van der Waals surface area (Å²) in [5, 5.41) is 12.5. The summed E-state index contributed by atoms with van der Waals surface area (Å²) >= 11 is 0. The molecule has 2 heterocycles. The van der Waals surface area contributed by atoms with Gasteiger partial charge in [0, 0.05) is 52.4 Å².